The number of rotatable bonds is 6. The molecule has 0 spiro atoms. The zero-order valence-corrected chi connectivity index (χ0v) is 15.0. The third-order valence-corrected chi connectivity index (χ3v) is 4.59. The molecular formula is C16H21BrClN3. The van der Waals surface area contributed by atoms with Gasteiger partial charge < -0.3 is 5.32 Å². The van der Waals surface area contributed by atoms with Crippen LogP contribution in [0.25, 0.3) is 0 Å². The molecule has 0 aliphatic heterocycles. The Hall–Kier alpha value is -0.840. The first-order chi connectivity index (χ1) is 10.1. The molecule has 0 amide bonds. The zero-order chi connectivity index (χ0) is 15.4. The quantitative estimate of drug-likeness (QED) is 0.822. The normalized spacial score (nSPS) is 12.6. The molecule has 1 unspecified atom stereocenters. The van der Waals surface area contributed by atoms with Gasteiger partial charge in [-0.2, -0.15) is 5.10 Å². The number of aryl methyl sites for hydroxylation is 2. The summed E-state index contributed by atoms with van der Waals surface area (Å²) in [6, 6.07) is 8.66. The summed E-state index contributed by atoms with van der Waals surface area (Å²) in [4.78, 5) is 0. The van der Waals surface area contributed by atoms with E-state index in [-0.39, 0.29) is 6.04 Å². The molecule has 5 heteroatoms. The summed E-state index contributed by atoms with van der Waals surface area (Å²) >= 11 is 9.95. The highest BCUT2D eigenvalue weighted by atomic mass is 79.9. The van der Waals surface area contributed by atoms with Gasteiger partial charge in [-0.15, -0.1) is 0 Å². The minimum Gasteiger partial charge on any atom is -0.310 e. The van der Waals surface area contributed by atoms with Crippen LogP contribution in [-0.2, 0) is 19.9 Å². The number of nitrogens with one attached hydrogen (secondary N) is 1. The molecule has 1 heterocycles. The third-order valence-electron chi connectivity index (χ3n) is 3.62. The SMILES string of the molecule is CCNC(Cc1c(Cl)c(CC)nn1C)c1ccc(Br)cc1. The molecule has 114 valence electrons. The molecule has 1 N–H and O–H groups in total. The monoisotopic (exact) mass is 369 g/mol. The summed E-state index contributed by atoms with van der Waals surface area (Å²) < 4.78 is 3.00. The maximum atomic E-state index is 6.47. The van der Waals surface area contributed by atoms with Gasteiger partial charge in [0, 0.05) is 24.0 Å². The fourth-order valence-corrected chi connectivity index (χ4v) is 3.12. The summed E-state index contributed by atoms with van der Waals surface area (Å²) in [5.74, 6) is 0. The number of hydrogen-bond donors (Lipinski definition) is 1. The van der Waals surface area contributed by atoms with E-state index < -0.39 is 0 Å². The molecule has 0 bridgehead atoms. The Morgan fingerprint density at radius 2 is 1.95 bits per heavy atom. The molecule has 0 saturated carbocycles. The molecule has 0 saturated heterocycles. The molecule has 2 aromatic rings. The van der Waals surface area contributed by atoms with Crippen LogP contribution in [0.15, 0.2) is 28.7 Å². The van der Waals surface area contributed by atoms with Gasteiger partial charge in [-0.25, -0.2) is 0 Å². The van der Waals surface area contributed by atoms with Gasteiger partial charge in [-0.1, -0.05) is 53.5 Å². The second-order valence-corrected chi connectivity index (χ2v) is 6.34. The molecule has 0 aliphatic rings. The summed E-state index contributed by atoms with van der Waals surface area (Å²) in [5, 5.41) is 8.84. The summed E-state index contributed by atoms with van der Waals surface area (Å²) in [7, 11) is 1.96. The van der Waals surface area contributed by atoms with Gasteiger partial charge in [0.25, 0.3) is 0 Å². The van der Waals surface area contributed by atoms with Crippen molar-refractivity contribution >= 4 is 27.5 Å². The average molecular weight is 371 g/mol. The number of aromatic nitrogens is 2. The molecule has 0 aliphatic carbocycles. The number of benzene rings is 1. The van der Waals surface area contributed by atoms with E-state index in [0.29, 0.717) is 0 Å². The second-order valence-electron chi connectivity index (χ2n) is 5.05. The topological polar surface area (TPSA) is 29.9 Å². The predicted molar refractivity (Wildman–Crippen MR) is 91.9 cm³/mol. The van der Waals surface area contributed by atoms with E-state index in [1.165, 1.54) is 5.56 Å². The van der Waals surface area contributed by atoms with Crippen LogP contribution >= 0.6 is 27.5 Å². The maximum Gasteiger partial charge on any atom is 0.0850 e. The number of halogens is 2. The Morgan fingerprint density at radius 3 is 2.48 bits per heavy atom. The van der Waals surface area contributed by atoms with Crippen LogP contribution in [0, 0.1) is 0 Å². The molecule has 1 atom stereocenters. The Morgan fingerprint density at radius 1 is 1.29 bits per heavy atom. The van der Waals surface area contributed by atoms with Gasteiger partial charge in [0.1, 0.15) is 0 Å². The minimum absolute atomic E-state index is 0.237. The van der Waals surface area contributed by atoms with Crippen molar-refractivity contribution in [1.29, 1.82) is 0 Å². The fourth-order valence-electron chi connectivity index (χ4n) is 2.48. The maximum absolute atomic E-state index is 6.47. The van der Waals surface area contributed by atoms with Crippen LogP contribution < -0.4 is 5.32 Å². The van der Waals surface area contributed by atoms with Gasteiger partial charge in [-0.3, -0.25) is 4.68 Å². The fraction of sp³-hybridized carbons (Fsp3) is 0.438. The highest BCUT2D eigenvalue weighted by Gasteiger charge is 2.18. The van der Waals surface area contributed by atoms with Crippen LogP contribution in [0.1, 0.15) is 36.8 Å². The molecule has 2 rings (SSSR count). The van der Waals surface area contributed by atoms with Crippen molar-refractivity contribution in [2.24, 2.45) is 7.05 Å². The van der Waals surface area contributed by atoms with E-state index in [1.807, 2.05) is 11.7 Å². The van der Waals surface area contributed by atoms with Crippen molar-refractivity contribution in [1.82, 2.24) is 15.1 Å². The lowest BCUT2D eigenvalue weighted by molar-refractivity contribution is 0.528. The average Bonchev–Trinajstić information content (AvgIpc) is 2.75. The van der Waals surface area contributed by atoms with Crippen LogP contribution in [-0.4, -0.2) is 16.3 Å². The van der Waals surface area contributed by atoms with Crippen molar-refractivity contribution < 1.29 is 0 Å². The van der Waals surface area contributed by atoms with E-state index in [0.717, 1.165) is 40.3 Å². The molecule has 1 aromatic carbocycles. The summed E-state index contributed by atoms with van der Waals surface area (Å²) in [6.07, 6.45) is 1.69. The lowest BCUT2D eigenvalue weighted by Crippen LogP contribution is -2.24. The molecule has 1 aromatic heterocycles. The van der Waals surface area contributed by atoms with Crippen molar-refractivity contribution in [2.75, 3.05) is 6.54 Å². The number of likely N-dealkylation sites (N-methyl/N-ethyl adjacent to an activating group) is 1. The van der Waals surface area contributed by atoms with Gasteiger partial charge in [-0.05, 0) is 30.7 Å². The van der Waals surface area contributed by atoms with E-state index in [9.17, 15) is 0 Å². The molecule has 21 heavy (non-hydrogen) atoms. The Balaban J connectivity index is 2.28. The number of nitrogens with zero attached hydrogens (tertiary/aromatic N) is 2. The van der Waals surface area contributed by atoms with Crippen molar-refractivity contribution in [3.8, 4) is 0 Å². The van der Waals surface area contributed by atoms with Crippen molar-refractivity contribution in [3.05, 3.63) is 50.7 Å². The van der Waals surface area contributed by atoms with Crippen LogP contribution in [0.2, 0.25) is 5.02 Å². The second kappa shape index (κ2) is 7.43. The first-order valence-corrected chi connectivity index (χ1v) is 8.43. The predicted octanol–water partition coefficient (Wildman–Crippen LogP) is 4.29. The molecule has 0 radical (unpaired) electrons. The van der Waals surface area contributed by atoms with Gasteiger partial charge in [0.05, 0.1) is 16.4 Å². The lowest BCUT2D eigenvalue weighted by Gasteiger charge is -2.19. The van der Waals surface area contributed by atoms with Gasteiger partial charge >= 0.3 is 0 Å². The van der Waals surface area contributed by atoms with E-state index in [2.05, 4.69) is 64.5 Å². The molecular weight excluding hydrogens is 350 g/mol. The first-order valence-electron chi connectivity index (χ1n) is 7.25. The summed E-state index contributed by atoms with van der Waals surface area (Å²) in [6.45, 7) is 5.11. The van der Waals surface area contributed by atoms with E-state index >= 15 is 0 Å². The Labute approximate surface area is 139 Å². The highest BCUT2D eigenvalue weighted by molar-refractivity contribution is 9.10. The van der Waals surface area contributed by atoms with E-state index in [4.69, 9.17) is 11.6 Å². The Kier molecular flexibility index (Phi) is 5.85. The smallest absolute Gasteiger partial charge is 0.0850 e. The standard InChI is InChI=1S/C16H21BrClN3/c1-4-13-16(18)15(21(3)20-13)10-14(19-5-2)11-6-8-12(17)9-7-11/h6-9,14,19H,4-5,10H2,1-3H3. The van der Waals surface area contributed by atoms with Crippen molar-refractivity contribution in [2.45, 2.75) is 32.7 Å². The third kappa shape index (κ3) is 3.87. The van der Waals surface area contributed by atoms with Crippen molar-refractivity contribution in [3.63, 3.8) is 0 Å². The van der Waals surface area contributed by atoms with Crippen LogP contribution in [0.5, 0.6) is 0 Å². The first kappa shape index (κ1) is 16.5. The largest absolute Gasteiger partial charge is 0.310 e. The van der Waals surface area contributed by atoms with Gasteiger partial charge in [0.15, 0.2) is 0 Å². The van der Waals surface area contributed by atoms with Gasteiger partial charge in [0.2, 0.25) is 0 Å². The Bertz CT molecular complexity index is 592. The van der Waals surface area contributed by atoms with Crippen LogP contribution in [0.3, 0.4) is 0 Å². The van der Waals surface area contributed by atoms with Crippen LogP contribution in [0.4, 0.5) is 0 Å². The highest BCUT2D eigenvalue weighted by Crippen LogP contribution is 2.27. The molecule has 0 fully saturated rings. The van der Waals surface area contributed by atoms with E-state index in [1.54, 1.807) is 0 Å². The molecule has 3 nitrogen and oxygen atoms in total. The lowest BCUT2D eigenvalue weighted by atomic mass is 10.0. The number of hydrogen-bond acceptors (Lipinski definition) is 2. The minimum atomic E-state index is 0.237. The zero-order valence-electron chi connectivity index (χ0n) is 12.7. The summed E-state index contributed by atoms with van der Waals surface area (Å²) in [5.41, 5.74) is 3.32.